The number of ether oxygens (including phenoxy) is 1. The van der Waals surface area contributed by atoms with Crippen molar-refractivity contribution in [2.24, 2.45) is 0 Å². The molecule has 0 aliphatic carbocycles. The maximum absolute atomic E-state index is 13.8. The molecule has 0 atom stereocenters. The first-order chi connectivity index (χ1) is 17.8. The molecule has 4 aromatic carbocycles. The number of carbonyl (C=O) groups is 1. The Morgan fingerprint density at radius 2 is 1.57 bits per heavy atom. The average molecular weight is 498 g/mol. The van der Waals surface area contributed by atoms with Crippen LogP contribution in [0.25, 0.3) is 33.3 Å². The van der Waals surface area contributed by atoms with Gasteiger partial charge in [0, 0.05) is 22.1 Å². The molecule has 1 heterocycles. The predicted molar refractivity (Wildman–Crippen MR) is 139 cm³/mol. The molecule has 0 saturated heterocycles. The lowest BCUT2D eigenvalue weighted by molar-refractivity contribution is -0.136. The van der Waals surface area contributed by atoms with Gasteiger partial charge in [-0.3, -0.25) is 4.79 Å². The number of rotatable bonds is 6. The first-order valence-corrected chi connectivity index (χ1v) is 11.7. The average Bonchev–Trinajstić information content (AvgIpc) is 2.91. The fourth-order valence-corrected chi connectivity index (χ4v) is 4.19. The van der Waals surface area contributed by atoms with Crippen molar-refractivity contribution in [3.05, 3.63) is 119 Å². The zero-order valence-corrected chi connectivity index (χ0v) is 19.9. The molecular formula is C31H22F3NO2. The van der Waals surface area contributed by atoms with E-state index in [4.69, 9.17) is 4.74 Å². The third kappa shape index (κ3) is 5.23. The monoisotopic (exact) mass is 497 g/mol. The molecule has 0 N–H and O–H groups in total. The molecule has 5 rings (SSSR count). The predicted octanol–water partition coefficient (Wildman–Crippen LogP) is 8.29. The smallest absolute Gasteiger partial charge is 0.418 e. The molecule has 0 amide bonds. The van der Waals surface area contributed by atoms with Crippen molar-refractivity contribution >= 4 is 17.2 Å². The van der Waals surface area contributed by atoms with Gasteiger partial charge in [0.1, 0.15) is 18.6 Å². The lowest BCUT2D eigenvalue weighted by Crippen LogP contribution is -2.07. The molecule has 0 aliphatic rings. The number of fused-ring (bicyclic) bond motifs is 1. The highest BCUT2D eigenvalue weighted by Gasteiger charge is 2.33. The van der Waals surface area contributed by atoms with Crippen LogP contribution in [0.5, 0.6) is 5.75 Å². The number of aryl methyl sites for hydroxylation is 1. The van der Waals surface area contributed by atoms with Crippen LogP contribution in [0, 0.1) is 6.92 Å². The minimum atomic E-state index is -4.55. The minimum Gasteiger partial charge on any atom is -0.489 e. The Labute approximate surface area is 212 Å². The summed E-state index contributed by atoms with van der Waals surface area (Å²) in [5.74, 6) is 0.575. The number of para-hydroxylation sites is 1. The molecular weight excluding hydrogens is 475 g/mol. The lowest BCUT2D eigenvalue weighted by Gasteiger charge is -2.16. The standard InChI is InChI=1S/C31H22F3NO2/c1-20-8-10-22(11-9-20)19-37-26-6-2-4-24(16-26)29-27(23-14-12-21(18-36)13-15-23)17-25-5-3-7-28(30(25)35-29)31(32,33)34/h2-18H,19H2,1H3. The number of aldehydes is 1. The highest BCUT2D eigenvalue weighted by atomic mass is 19.4. The van der Waals surface area contributed by atoms with Crippen LogP contribution < -0.4 is 4.74 Å². The Kier molecular flexibility index (Phi) is 6.49. The SMILES string of the molecule is Cc1ccc(COc2cccc(-c3nc4c(C(F)(F)F)cccc4cc3-c3ccc(C=O)cc3)c2)cc1. The number of alkyl halides is 3. The van der Waals surface area contributed by atoms with E-state index in [-0.39, 0.29) is 5.52 Å². The van der Waals surface area contributed by atoms with Crippen LogP contribution in [0.3, 0.4) is 0 Å². The second-order valence-electron chi connectivity index (χ2n) is 8.80. The normalized spacial score (nSPS) is 11.5. The summed E-state index contributed by atoms with van der Waals surface area (Å²) in [6.45, 7) is 2.37. The molecule has 184 valence electrons. The summed E-state index contributed by atoms with van der Waals surface area (Å²) in [6.07, 6.45) is -3.80. The van der Waals surface area contributed by atoms with E-state index in [1.54, 1.807) is 60.7 Å². The molecule has 0 unspecified atom stereocenters. The molecule has 1 aromatic heterocycles. The molecule has 0 spiro atoms. The molecule has 0 aliphatic heterocycles. The molecule has 37 heavy (non-hydrogen) atoms. The van der Waals surface area contributed by atoms with Gasteiger partial charge in [-0.1, -0.05) is 78.4 Å². The van der Waals surface area contributed by atoms with Crippen LogP contribution in [0.1, 0.15) is 27.0 Å². The summed E-state index contributed by atoms with van der Waals surface area (Å²) >= 11 is 0. The summed E-state index contributed by atoms with van der Waals surface area (Å²) in [4.78, 5) is 15.7. The van der Waals surface area contributed by atoms with Gasteiger partial charge in [0.25, 0.3) is 0 Å². The molecule has 0 bridgehead atoms. The van der Waals surface area contributed by atoms with E-state index in [1.165, 1.54) is 6.07 Å². The van der Waals surface area contributed by atoms with Gasteiger partial charge in [-0.15, -0.1) is 0 Å². The van der Waals surface area contributed by atoms with Crippen LogP contribution in [0.15, 0.2) is 97.1 Å². The zero-order chi connectivity index (χ0) is 26.0. The highest BCUT2D eigenvalue weighted by Crippen LogP contribution is 2.39. The van der Waals surface area contributed by atoms with Gasteiger partial charge < -0.3 is 4.74 Å². The largest absolute Gasteiger partial charge is 0.489 e. The van der Waals surface area contributed by atoms with Crippen molar-refractivity contribution in [1.29, 1.82) is 0 Å². The second kappa shape index (κ2) is 9.90. The first-order valence-electron chi connectivity index (χ1n) is 11.7. The molecule has 0 saturated carbocycles. The highest BCUT2D eigenvalue weighted by molar-refractivity contribution is 5.93. The molecule has 3 nitrogen and oxygen atoms in total. The summed E-state index contributed by atoms with van der Waals surface area (Å²) < 4.78 is 47.4. The molecule has 6 heteroatoms. The van der Waals surface area contributed by atoms with E-state index in [9.17, 15) is 18.0 Å². The summed E-state index contributed by atoms with van der Waals surface area (Å²) in [5, 5.41) is 0.375. The quantitative estimate of drug-likeness (QED) is 0.222. The number of pyridine rings is 1. The summed E-state index contributed by atoms with van der Waals surface area (Å²) in [6, 6.07) is 27.8. The number of nitrogens with zero attached hydrogens (tertiary/aromatic N) is 1. The summed E-state index contributed by atoms with van der Waals surface area (Å²) in [5.41, 5.74) is 4.15. The van der Waals surface area contributed by atoms with E-state index in [1.807, 2.05) is 31.2 Å². The van der Waals surface area contributed by atoms with Crippen LogP contribution >= 0.6 is 0 Å². The van der Waals surface area contributed by atoms with E-state index in [0.717, 1.165) is 29.0 Å². The van der Waals surface area contributed by atoms with Gasteiger partial charge in [0.05, 0.1) is 16.8 Å². The van der Waals surface area contributed by atoms with Gasteiger partial charge in [0.2, 0.25) is 0 Å². The van der Waals surface area contributed by atoms with Gasteiger partial charge in [-0.2, -0.15) is 13.2 Å². The molecule has 0 fully saturated rings. The van der Waals surface area contributed by atoms with Gasteiger partial charge in [0.15, 0.2) is 0 Å². The van der Waals surface area contributed by atoms with Crippen molar-refractivity contribution < 1.29 is 22.7 Å². The third-order valence-corrected chi connectivity index (χ3v) is 6.14. The Balaban J connectivity index is 1.62. The summed E-state index contributed by atoms with van der Waals surface area (Å²) in [7, 11) is 0. The van der Waals surface area contributed by atoms with Crippen LogP contribution in [0.2, 0.25) is 0 Å². The van der Waals surface area contributed by atoms with Crippen LogP contribution in [0.4, 0.5) is 13.2 Å². The van der Waals surface area contributed by atoms with Crippen LogP contribution in [-0.2, 0) is 12.8 Å². The van der Waals surface area contributed by atoms with E-state index in [2.05, 4.69) is 4.98 Å². The topological polar surface area (TPSA) is 39.2 Å². The van der Waals surface area contributed by atoms with Crippen molar-refractivity contribution in [2.45, 2.75) is 19.7 Å². The lowest BCUT2D eigenvalue weighted by atomic mass is 9.95. The zero-order valence-electron chi connectivity index (χ0n) is 19.9. The van der Waals surface area contributed by atoms with Gasteiger partial charge >= 0.3 is 6.18 Å². The molecule has 0 radical (unpaired) electrons. The Morgan fingerprint density at radius 3 is 2.27 bits per heavy atom. The van der Waals surface area contributed by atoms with Crippen molar-refractivity contribution in [3.63, 3.8) is 0 Å². The van der Waals surface area contributed by atoms with E-state index in [0.29, 0.717) is 40.1 Å². The number of halogens is 3. The number of carbonyl (C=O) groups excluding carboxylic acids is 1. The number of hydrogen-bond donors (Lipinski definition) is 0. The Hall–Kier alpha value is -4.45. The van der Waals surface area contributed by atoms with Gasteiger partial charge in [-0.05, 0) is 42.3 Å². The van der Waals surface area contributed by atoms with E-state index >= 15 is 0 Å². The number of aromatic nitrogens is 1. The maximum Gasteiger partial charge on any atom is 0.418 e. The number of benzene rings is 4. The fourth-order valence-electron chi connectivity index (χ4n) is 4.19. The van der Waals surface area contributed by atoms with E-state index < -0.39 is 11.7 Å². The number of hydrogen-bond acceptors (Lipinski definition) is 3. The maximum atomic E-state index is 13.8. The Bertz CT molecular complexity index is 1570. The Morgan fingerprint density at radius 1 is 0.838 bits per heavy atom. The first kappa shape index (κ1) is 24.3. The van der Waals surface area contributed by atoms with Crippen molar-refractivity contribution in [1.82, 2.24) is 4.98 Å². The second-order valence-corrected chi connectivity index (χ2v) is 8.80. The third-order valence-electron chi connectivity index (χ3n) is 6.14. The van der Waals surface area contributed by atoms with Crippen molar-refractivity contribution in [2.75, 3.05) is 0 Å². The van der Waals surface area contributed by atoms with Crippen molar-refractivity contribution in [3.8, 4) is 28.1 Å². The molecule has 5 aromatic rings. The fraction of sp³-hybridized carbons (Fsp3) is 0.0968. The van der Waals surface area contributed by atoms with Gasteiger partial charge in [-0.25, -0.2) is 4.98 Å². The van der Waals surface area contributed by atoms with Crippen LogP contribution in [-0.4, -0.2) is 11.3 Å². The minimum absolute atomic E-state index is 0.121.